The van der Waals surface area contributed by atoms with E-state index in [4.69, 9.17) is 4.74 Å². The van der Waals surface area contributed by atoms with E-state index in [1.807, 2.05) is 37.3 Å². The van der Waals surface area contributed by atoms with Gasteiger partial charge in [-0.3, -0.25) is 4.90 Å². The molecule has 1 aliphatic rings. The molecule has 1 saturated carbocycles. The van der Waals surface area contributed by atoms with Crippen molar-refractivity contribution in [3.8, 4) is 0 Å². The lowest BCUT2D eigenvalue weighted by Gasteiger charge is -2.39. The van der Waals surface area contributed by atoms with E-state index in [0.717, 1.165) is 24.9 Å². The molecule has 0 bridgehead atoms. The molecule has 1 amide bonds. The van der Waals surface area contributed by atoms with Gasteiger partial charge >= 0.3 is 6.09 Å². The number of aliphatic hydroxyl groups excluding tert-OH is 1. The number of amides is 1. The van der Waals surface area contributed by atoms with E-state index in [1.165, 1.54) is 7.11 Å². The molecule has 0 aromatic heterocycles. The zero-order valence-corrected chi connectivity index (χ0v) is 10.8. The number of anilines is 1. The van der Waals surface area contributed by atoms with Crippen molar-refractivity contribution in [1.29, 1.82) is 0 Å². The van der Waals surface area contributed by atoms with Crippen LogP contribution in [0.5, 0.6) is 0 Å². The Kier molecular flexibility index (Phi) is 3.57. The molecule has 0 saturated heterocycles. The first-order valence-corrected chi connectivity index (χ1v) is 6.21. The fourth-order valence-corrected chi connectivity index (χ4v) is 2.67. The highest BCUT2D eigenvalue weighted by Crippen LogP contribution is 2.38. The van der Waals surface area contributed by atoms with Crippen LogP contribution in [-0.4, -0.2) is 30.0 Å². The minimum atomic E-state index is -0.589. The summed E-state index contributed by atoms with van der Waals surface area (Å²) in [6.45, 7) is 1.91. The molecule has 0 aliphatic heterocycles. The zero-order chi connectivity index (χ0) is 13.2. The van der Waals surface area contributed by atoms with E-state index in [2.05, 4.69) is 0 Å². The second kappa shape index (κ2) is 4.98. The summed E-state index contributed by atoms with van der Waals surface area (Å²) in [4.78, 5) is 13.6. The molecule has 1 unspecified atom stereocenters. The molecule has 1 aromatic rings. The van der Waals surface area contributed by atoms with Crippen LogP contribution in [0.2, 0.25) is 0 Å². The third-order valence-corrected chi connectivity index (χ3v) is 3.76. The number of carbonyl (C=O) groups is 1. The van der Waals surface area contributed by atoms with Gasteiger partial charge in [0.2, 0.25) is 0 Å². The topological polar surface area (TPSA) is 49.8 Å². The van der Waals surface area contributed by atoms with Gasteiger partial charge in [-0.1, -0.05) is 18.2 Å². The van der Waals surface area contributed by atoms with Crippen molar-refractivity contribution < 1.29 is 14.6 Å². The highest BCUT2D eigenvalue weighted by atomic mass is 16.5. The number of hydrogen-bond acceptors (Lipinski definition) is 3. The van der Waals surface area contributed by atoms with Gasteiger partial charge in [0.15, 0.2) is 0 Å². The number of ether oxygens (including phenoxy) is 1. The van der Waals surface area contributed by atoms with Crippen LogP contribution in [0.3, 0.4) is 0 Å². The number of hydrogen-bond donors (Lipinski definition) is 1. The number of nitrogens with zero attached hydrogens (tertiary/aromatic N) is 1. The SMILES string of the molecule is COC(=O)N(c1ccccc1)[C@@]1(C)CCCC1O. The summed E-state index contributed by atoms with van der Waals surface area (Å²) < 4.78 is 4.87. The van der Waals surface area contributed by atoms with Gasteiger partial charge in [0.05, 0.1) is 18.8 Å². The standard InChI is InChI=1S/C14H19NO3/c1-14(10-6-9-12(14)16)15(13(17)18-2)11-7-4-3-5-8-11/h3-5,7-8,12,16H,6,9-10H2,1-2H3/t12?,14-/m0/s1. The Balaban J connectivity index is 2.40. The molecule has 0 radical (unpaired) electrons. The van der Waals surface area contributed by atoms with Gasteiger partial charge in [-0.25, -0.2) is 4.79 Å². The van der Waals surface area contributed by atoms with E-state index in [1.54, 1.807) is 4.90 Å². The monoisotopic (exact) mass is 249 g/mol. The van der Waals surface area contributed by atoms with E-state index < -0.39 is 17.7 Å². The summed E-state index contributed by atoms with van der Waals surface area (Å²) in [5, 5.41) is 10.2. The van der Waals surface area contributed by atoms with Crippen LogP contribution in [0.15, 0.2) is 30.3 Å². The maximum absolute atomic E-state index is 12.0. The van der Waals surface area contributed by atoms with Crippen LogP contribution in [0.1, 0.15) is 26.2 Å². The second-order valence-corrected chi connectivity index (χ2v) is 4.91. The molecular formula is C14H19NO3. The smallest absolute Gasteiger partial charge is 0.414 e. The number of aliphatic hydroxyl groups is 1. The molecule has 1 N–H and O–H groups in total. The van der Waals surface area contributed by atoms with Crippen molar-refractivity contribution in [2.45, 2.75) is 37.8 Å². The first-order chi connectivity index (χ1) is 8.59. The summed E-state index contributed by atoms with van der Waals surface area (Å²) in [5.74, 6) is 0. The summed E-state index contributed by atoms with van der Waals surface area (Å²) >= 11 is 0. The Morgan fingerprint density at radius 1 is 1.44 bits per heavy atom. The van der Waals surface area contributed by atoms with E-state index in [9.17, 15) is 9.90 Å². The molecule has 98 valence electrons. The first kappa shape index (κ1) is 12.9. The van der Waals surface area contributed by atoms with Crippen molar-refractivity contribution in [1.82, 2.24) is 0 Å². The Morgan fingerprint density at radius 3 is 2.61 bits per heavy atom. The van der Waals surface area contributed by atoms with Crippen LogP contribution in [0.25, 0.3) is 0 Å². The van der Waals surface area contributed by atoms with Crippen molar-refractivity contribution >= 4 is 11.8 Å². The summed E-state index contributed by atoms with van der Waals surface area (Å²) in [5.41, 5.74) is 0.168. The van der Waals surface area contributed by atoms with Crippen LogP contribution in [0.4, 0.5) is 10.5 Å². The lowest BCUT2D eigenvalue weighted by Crippen LogP contribution is -2.54. The quantitative estimate of drug-likeness (QED) is 0.876. The van der Waals surface area contributed by atoms with Gasteiger partial charge in [0, 0.05) is 5.69 Å². The average Bonchev–Trinajstić information content (AvgIpc) is 2.71. The molecule has 2 atom stereocenters. The fourth-order valence-electron chi connectivity index (χ4n) is 2.67. The Labute approximate surface area is 107 Å². The minimum absolute atomic E-state index is 0.426. The van der Waals surface area contributed by atoms with Crippen molar-refractivity contribution in [3.63, 3.8) is 0 Å². The predicted molar refractivity (Wildman–Crippen MR) is 69.6 cm³/mol. The van der Waals surface area contributed by atoms with Crippen molar-refractivity contribution in [3.05, 3.63) is 30.3 Å². The number of carbonyl (C=O) groups excluding carboxylic acids is 1. The third-order valence-electron chi connectivity index (χ3n) is 3.76. The molecule has 1 fully saturated rings. The van der Waals surface area contributed by atoms with Crippen LogP contribution in [0, 0.1) is 0 Å². The highest BCUT2D eigenvalue weighted by molar-refractivity contribution is 5.89. The van der Waals surface area contributed by atoms with Gasteiger partial charge in [-0.15, -0.1) is 0 Å². The molecule has 2 rings (SSSR count). The van der Waals surface area contributed by atoms with Crippen LogP contribution >= 0.6 is 0 Å². The largest absolute Gasteiger partial charge is 0.452 e. The zero-order valence-electron chi connectivity index (χ0n) is 10.8. The molecule has 1 aliphatic carbocycles. The lowest BCUT2D eigenvalue weighted by molar-refractivity contribution is 0.105. The Bertz CT molecular complexity index is 420. The van der Waals surface area contributed by atoms with E-state index >= 15 is 0 Å². The van der Waals surface area contributed by atoms with Gasteiger partial charge in [0.25, 0.3) is 0 Å². The van der Waals surface area contributed by atoms with Gasteiger partial charge in [-0.05, 0) is 38.3 Å². The molecule has 0 spiro atoms. The van der Waals surface area contributed by atoms with Gasteiger partial charge in [-0.2, -0.15) is 0 Å². The summed E-state index contributed by atoms with van der Waals surface area (Å²) in [6.07, 6.45) is 1.47. The average molecular weight is 249 g/mol. The molecule has 1 aromatic carbocycles. The number of rotatable bonds is 2. The lowest BCUT2D eigenvalue weighted by atomic mass is 9.95. The summed E-state index contributed by atoms with van der Waals surface area (Å²) in [7, 11) is 1.36. The van der Waals surface area contributed by atoms with Crippen LogP contribution < -0.4 is 4.90 Å². The normalized spacial score (nSPS) is 26.9. The maximum Gasteiger partial charge on any atom is 0.414 e. The molecule has 4 heteroatoms. The van der Waals surface area contributed by atoms with E-state index in [-0.39, 0.29) is 0 Å². The summed E-state index contributed by atoms with van der Waals surface area (Å²) in [6, 6.07) is 9.35. The Hall–Kier alpha value is -1.55. The maximum atomic E-state index is 12.0. The first-order valence-electron chi connectivity index (χ1n) is 6.21. The number of benzene rings is 1. The predicted octanol–water partition coefficient (Wildman–Crippen LogP) is 2.56. The molecule has 18 heavy (non-hydrogen) atoms. The van der Waals surface area contributed by atoms with E-state index in [0.29, 0.717) is 0 Å². The van der Waals surface area contributed by atoms with Crippen LogP contribution in [-0.2, 0) is 4.74 Å². The fraction of sp³-hybridized carbons (Fsp3) is 0.500. The number of para-hydroxylation sites is 1. The van der Waals surface area contributed by atoms with Crippen molar-refractivity contribution in [2.75, 3.05) is 12.0 Å². The minimum Gasteiger partial charge on any atom is -0.452 e. The third kappa shape index (κ3) is 2.08. The number of methoxy groups -OCH3 is 1. The molecule has 4 nitrogen and oxygen atoms in total. The Morgan fingerprint density at radius 2 is 2.11 bits per heavy atom. The van der Waals surface area contributed by atoms with Gasteiger partial charge in [0.1, 0.15) is 0 Å². The molecule has 0 heterocycles. The van der Waals surface area contributed by atoms with Crippen molar-refractivity contribution in [2.24, 2.45) is 0 Å². The second-order valence-electron chi connectivity index (χ2n) is 4.91. The highest BCUT2D eigenvalue weighted by Gasteiger charge is 2.46. The van der Waals surface area contributed by atoms with Gasteiger partial charge < -0.3 is 9.84 Å². The molecular weight excluding hydrogens is 230 g/mol.